The van der Waals surface area contributed by atoms with Crippen molar-refractivity contribution < 1.29 is 18.7 Å². The molecule has 3 heterocycles. The van der Waals surface area contributed by atoms with Crippen LogP contribution in [0.3, 0.4) is 0 Å². The van der Waals surface area contributed by atoms with Gasteiger partial charge in [0.25, 0.3) is 0 Å². The molecule has 0 bridgehead atoms. The maximum absolute atomic E-state index is 12.3. The number of carbonyl (C=O) groups is 2. The summed E-state index contributed by atoms with van der Waals surface area (Å²) < 4.78 is 12.7. The van der Waals surface area contributed by atoms with Gasteiger partial charge in [0.1, 0.15) is 11.5 Å². The fourth-order valence-electron chi connectivity index (χ4n) is 2.99. The fraction of sp³-hybridized carbons (Fsp3) is 0.182. The molecule has 0 spiro atoms. The van der Waals surface area contributed by atoms with E-state index in [0.29, 0.717) is 29.8 Å². The van der Waals surface area contributed by atoms with Crippen molar-refractivity contribution in [3.05, 3.63) is 70.8 Å². The zero-order valence-electron chi connectivity index (χ0n) is 17.7. The van der Waals surface area contributed by atoms with Gasteiger partial charge in [0, 0.05) is 10.4 Å². The molecule has 9 nitrogen and oxygen atoms in total. The Morgan fingerprint density at radius 2 is 2.09 bits per heavy atom. The fourth-order valence-corrected chi connectivity index (χ4v) is 4.37. The van der Waals surface area contributed by atoms with E-state index in [0.717, 1.165) is 16.2 Å². The summed E-state index contributed by atoms with van der Waals surface area (Å²) in [5, 5.41) is 16.0. The Labute approximate surface area is 198 Å². The number of rotatable bonds is 9. The van der Waals surface area contributed by atoms with Crippen LogP contribution in [0.4, 0.5) is 4.79 Å². The Bertz CT molecular complexity index is 1210. The highest BCUT2D eigenvalue weighted by Crippen LogP contribution is 2.27. The van der Waals surface area contributed by atoms with E-state index in [-0.39, 0.29) is 5.75 Å². The highest BCUT2D eigenvalue weighted by atomic mass is 32.2. The first-order chi connectivity index (χ1) is 16.1. The van der Waals surface area contributed by atoms with Crippen molar-refractivity contribution in [3.63, 3.8) is 0 Å². The summed E-state index contributed by atoms with van der Waals surface area (Å²) in [5.41, 5.74) is 0.817. The van der Waals surface area contributed by atoms with Crippen LogP contribution >= 0.6 is 23.1 Å². The number of thiophene rings is 1. The molecule has 3 aromatic heterocycles. The van der Waals surface area contributed by atoms with Crippen LogP contribution in [0, 0.1) is 0 Å². The van der Waals surface area contributed by atoms with Crippen LogP contribution < -0.4 is 15.4 Å². The zero-order chi connectivity index (χ0) is 23.0. The summed E-state index contributed by atoms with van der Waals surface area (Å²) in [6.45, 7) is 0.753. The number of hydrogen-bond donors (Lipinski definition) is 2. The summed E-state index contributed by atoms with van der Waals surface area (Å²) in [6.07, 6.45) is 1.60. The number of benzene rings is 1. The van der Waals surface area contributed by atoms with E-state index in [2.05, 4.69) is 20.8 Å². The predicted molar refractivity (Wildman–Crippen MR) is 125 cm³/mol. The van der Waals surface area contributed by atoms with E-state index in [1.165, 1.54) is 23.1 Å². The number of aromatic nitrogens is 3. The molecule has 0 aliphatic heterocycles. The van der Waals surface area contributed by atoms with Gasteiger partial charge in [-0.1, -0.05) is 30.0 Å². The molecule has 2 N–H and O–H groups in total. The Kier molecular flexibility index (Phi) is 7.43. The smallest absolute Gasteiger partial charge is 0.321 e. The summed E-state index contributed by atoms with van der Waals surface area (Å²) in [5.74, 6) is 1.60. The van der Waals surface area contributed by atoms with Crippen molar-refractivity contribution in [1.29, 1.82) is 0 Å². The van der Waals surface area contributed by atoms with Gasteiger partial charge in [0.15, 0.2) is 11.0 Å². The average Bonchev–Trinajstić information content (AvgIpc) is 3.59. The zero-order valence-corrected chi connectivity index (χ0v) is 19.3. The minimum atomic E-state index is -0.539. The topological polar surface area (TPSA) is 111 Å². The van der Waals surface area contributed by atoms with E-state index in [4.69, 9.17) is 9.15 Å². The second kappa shape index (κ2) is 10.8. The summed E-state index contributed by atoms with van der Waals surface area (Å²) >= 11 is 2.72. The van der Waals surface area contributed by atoms with Gasteiger partial charge >= 0.3 is 6.03 Å². The van der Waals surface area contributed by atoms with E-state index in [1.54, 1.807) is 19.4 Å². The number of thioether (sulfide) groups is 1. The van der Waals surface area contributed by atoms with Gasteiger partial charge in [0.2, 0.25) is 5.91 Å². The van der Waals surface area contributed by atoms with Gasteiger partial charge in [-0.2, -0.15) is 0 Å². The molecule has 0 atom stereocenters. The number of methoxy groups -OCH3 is 1. The summed E-state index contributed by atoms with van der Waals surface area (Å²) in [4.78, 5) is 25.3. The van der Waals surface area contributed by atoms with Crippen molar-refractivity contribution in [2.75, 3.05) is 12.9 Å². The molecular formula is C22H21N5O4S2. The van der Waals surface area contributed by atoms with Crippen LogP contribution in [-0.4, -0.2) is 39.6 Å². The van der Waals surface area contributed by atoms with Gasteiger partial charge in [0.05, 0.1) is 32.2 Å². The largest absolute Gasteiger partial charge is 0.497 e. The summed E-state index contributed by atoms with van der Waals surface area (Å²) in [6, 6.07) is 14.4. The third kappa shape index (κ3) is 6.02. The second-order valence-corrected chi connectivity index (χ2v) is 8.78. The minimum Gasteiger partial charge on any atom is -0.497 e. The average molecular weight is 484 g/mol. The molecule has 11 heteroatoms. The first-order valence-electron chi connectivity index (χ1n) is 9.95. The van der Waals surface area contributed by atoms with E-state index < -0.39 is 11.9 Å². The number of ether oxygens (including phenoxy) is 1. The van der Waals surface area contributed by atoms with E-state index in [1.807, 2.05) is 52.4 Å². The van der Waals surface area contributed by atoms with Crippen LogP contribution in [-0.2, 0) is 17.9 Å². The van der Waals surface area contributed by atoms with Gasteiger partial charge in [-0.05, 0) is 35.7 Å². The maximum Gasteiger partial charge on any atom is 0.321 e. The quantitative estimate of drug-likeness (QED) is 0.349. The van der Waals surface area contributed by atoms with Crippen LogP contribution in [0.5, 0.6) is 5.75 Å². The van der Waals surface area contributed by atoms with Crippen LogP contribution in [0.1, 0.15) is 10.6 Å². The highest BCUT2D eigenvalue weighted by Gasteiger charge is 2.18. The van der Waals surface area contributed by atoms with Gasteiger partial charge in [-0.3, -0.25) is 14.7 Å². The first-order valence-corrected chi connectivity index (χ1v) is 11.8. The maximum atomic E-state index is 12.3. The van der Waals surface area contributed by atoms with Gasteiger partial charge in [-0.15, -0.1) is 21.5 Å². The lowest BCUT2D eigenvalue weighted by atomic mass is 10.2. The molecule has 4 aromatic rings. The lowest BCUT2D eigenvalue weighted by Gasteiger charge is -2.10. The number of nitrogens with one attached hydrogen (secondary N) is 2. The number of urea groups is 1. The molecule has 170 valence electrons. The predicted octanol–water partition coefficient (Wildman–Crippen LogP) is 3.77. The minimum absolute atomic E-state index is 0.000814. The number of amides is 3. The Morgan fingerprint density at radius 3 is 2.85 bits per heavy atom. The monoisotopic (exact) mass is 483 g/mol. The molecule has 3 amide bonds. The second-order valence-electron chi connectivity index (χ2n) is 6.80. The Hall–Kier alpha value is -3.57. The molecule has 1 aromatic carbocycles. The van der Waals surface area contributed by atoms with Crippen molar-refractivity contribution in [2.45, 2.75) is 18.2 Å². The number of furan rings is 1. The first kappa shape index (κ1) is 22.6. The molecular weight excluding hydrogens is 462 g/mol. The number of carbonyl (C=O) groups excluding carboxylic acids is 2. The molecule has 4 rings (SSSR count). The number of nitrogens with zero attached hydrogens (tertiary/aromatic N) is 3. The van der Waals surface area contributed by atoms with Crippen molar-refractivity contribution in [1.82, 2.24) is 25.4 Å². The van der Waals surface area contributed by atoms with Crippen LogP contribution in [0.15, 0.2) is 69.7 Å². The van der Waals surface area contributed by atoms with Crippen molar-refractivity contribution in [2.24, 2.45) is 0 Å². The van der Waals surface area contributed by atoms with Crippen molar-refractivity contribution >= 4 is 35.0 Å². The number of imide groups is 1. The number of hydrogen-bond acceptors (Lipinski definition) is 8. The summed E-state index contributed by atoms with van der Waals surface area (Å²) in [7, 11) is 1.60. The van der Waals surface area contributed by atoms with Crippen molar-refractivity contribution in [3.8, 4) is 17.1 Å². The third-order valence-corrected chi connectivity index (χ3v) is 6.37. The lowest BCUT2D eigenvalue weighted by molar-refractivity contribution is -0.117. The third-order valence-electron chi connectivity index (χ3n) is 4.53. The van der Waals surface area contributed by atoms with Crippen LogP contribution in [0.2, 0.25) is 0 Å². The molecule has 0 unspecified atom stereocenters. The standard InChI is InChI=1S/C22H21N5O4S2/c1-30-16-6-2-5-15(11-16)20-25-26-22(27(20)13-17-7-3-9-31-17)33-14-19(28)24-21(29)23-12-18-8-4-10-32-18/h2-11H,12-14H2,1H3,(H2,23,24,28,29). The van der Waals surface area contributed by atoms with Gasteiger partial charge in [-0.25, -0.2) is 4.79 Å². The molecule has 0 aliphatic rings. The molecule has 0 aliphatic carbocycles. The molecule has 0 radical (unpaired) electrons. The Morgan fingerprint density at radius 1 is 1.18 bits per heavy atom. The molecule has 0 saturated carbocycles. The normalized spacial score (nSPS) is 10.7. The molecule has 33 heavy (non-hydrogen) atoms. The lowest BCUT2D eigenvalue weighted by Crippen LogP contribution is -2.39. The highest BCUT2D eigenvalue weighted by molar-refractivity contribution is 7.99. The van der Waals surface area contributed by atoms with Gasteiger partial charge < -0.3 is 14.5 Å². The van der Waals surface area contributed by atoms with Crippen LogP contribution in [0.25, 0.3) is 11.4 Å². The van der Waals surface area contributed by atoms with E-state index in [9.17, 15) is 9.59 Å². The molecule has 0 saturated heterocycles. The Balaban J connectivity index is 1.43. The van der Waals surface area contributed by atoms with E-state index >= 15 is 0 Å². The molecule has 0 fully saturated rings. The SMILES string of the molecule is COc1cccc(-c2nnc(SCC(=O)NC(=O)NCc3cccs3)n2Cc2ccco2)c1.